The molecule has 1 aromatic rings. The van der Waals surface area contributed by atoms with Crippen LogP contribution in [0.1, 0.15) is 13.8 Å². The number of carbonyl (C=O) groups excluding carboxylic acids is 3. The van der Waals surface area contributed by atoms with Gasteiger partial charge in [-0.2, -0.15) is 0 Å². The molecule has 10 heteroatoms. The second-order valence-electron chi connectivity index (χ2n) is 7.04. The van der Waals surface area contributed by atoms with Crippen molar-refractivity contribution < 1.29 is 23.9 Å². The molecule has 2 heterocycles. The molecule has 1 unspecified atom stereocenters. The van der Waals surface area contributed by atoms with Crippen molar-refractivity contribution >= 4 is 35.5 Å². The highest BCUT2D eigenvalue weighted by molar-refractivity contribution is 8.00. The number of ether oxygens (including phenoxy) is 2. The molecule has 1 saturated heterocycles. The van der Waals surface area contributed by atoms with Gasteiger partial charge in [-0.3, -0.25) is 19.4 Å². The first-order valence-electron chi connectivity index (χ1n) is 9.11. The van der Waals surface area contributed by atoms with Crippen LogP contribution in [-0.2, 0) is 9.59 Å². The van der Waals surface area contributed by atoms with Crippen molar-refractivity contribution in [2.24, 2.45) is 5.92 Å². The minimum atomic E-state index is -0.639. The first-order chi connectivity index (χ1) is 13.8. The maximum Gasteiger partial charge on any atom is 0.331 e. The van der Waals surface area contributed by atoms with E-state index in [4.69, 9.17) is 9.47 Å². The molecule has 9 nitrogen and oxygen atoms in total. The van der Waals surface area contributed by atoms with E-state index in [9.17, 15) is 14.4 Å². The number of rotatable bonds is 7. The van der Waals surface area contributed by atoms with Gasteiger partial charge in [0.25, 0.3) is 5.91 Å². The van der Waals surface area contributed by atoms with Gasteiger partial charge in [0, 0.05) is 18.0 Å². The Kier molecular flexibility index (Phi) is 6.33. The normalized spacial score (nSPS) is 18.7. The molecule has 4 amide bonds. The van der Waals surface area contributed by atoms with Crippen LogP contribution in [0.3, 0.4) is 0 Å². The van der Waals surface area contributed by atoms with Gasteiger partial charge >= 0.3 is 6.03 Å². The monoisotopic (exact) mass is 420 g/mol. The van der Waals surface area contributed by atoms with Crippen molar-refractivity contribution in [1.29, 1.82) is 0 Å². The summed E-state index contributed by atoms with van der Waals surface area (Å²) in [7, 11) is 3.03. The van der Waals surface area contributed by atoms with E-state index < -0.39 is 18.0 Å². The highest BCUT2D eigenvalue weighted by Crippen LogP contribution is 2.31. The second kappa shape index (κ2) is 8.75. The van der Waals surface area contributed by atoms with Crippen LogP contribution in [0.15, 0.2) is 29.3 Å². The Morgan fingerprint density at radius 1 is 1.24 bits per heavy atom. The Morgan fingerprint density at radius 3 is 2.66 bits per heavy atom. The molecule has 2 aliphatic heterocycles. The average molecular weight is 420 g/mol. The Morgan fingerprint density at radius 2 is 2.00 bits per heavy atom. The molecule has 1 fully saturated rings. The summed E-state index contributed by atoms with van der Waals surface area (Å²) in [6.45, 7) is 3.92. The van der Waals surface area contributed by atoms with Crippen LogP contribution in [0.5, 0.6) is 11.5 Å². The zero-order chi connectivity index (χ0) is 21.1. The molecule has 0 aliphatic carbocycles. The molecule has 0 bridgehead atoms. The molecule has 0 radical (unpaired) electrons. The van der Waals surface area contributed by atoms with Gasteiger partial charge in [0.05, 0.1) is 25.6 Å². The van der Waals surface area contributed by atoms with Crippen LogP contribution < -0.4 is 19.5 Å². The van der Waals surface area contributed by atoms with Crippen LogP contribution in [0, 0.1) is 5.92 Å². The summed E-state index contributed by atoms with van der Waals surface area (Å²) in [6, 6.07) is 3.88. The van der Waals surface area contributed by atoms with E-state index in [-0.39, 0.29) is 24.9 Å². The summed E-state index contributed by atoms with van der Waals surface area (Å²) >= 11 is 1.23. The molecular weight excluding hydrogens is 396 g/mol. The van der Waals surface area contributed by atoms with Crippen molar-refractivity contribution in [2.75, 3.05) is 32.6 Å². The lowest BCUT2D eigenvalue weighted by Gasteiger charge is -2.38. The first kappa shape index (κ1) is 21.0. The van der Waals surface area contributed by atoms with Gasteiger partial charge in [0.15, 0.2) is 0 Å². The van der Waals surface area contributed by atoms with Crippen molar-refractivity contribution in [2.45, 2.75) is 19.9 Å². The van der Waals surface area contributed by atoms with E-state index in [2.05, 4.69) is 10.0 Å². The number of anilines is 1. The molecular formula is C19H24N4O5S. The highest BCUT2D eigenvalue weighted by Gasteiger charge is 2.45. The van der Waals surface area contributed by atoms with Gasteiger partial charge in [-0.25, -0.2) is 9.52 Å². The molecule has 2 N–H and O–H groups in total. The summed E-state index contributed by atoms with van der Waals surface area (Å²) in [4.78, 5) is 40.8. The summed E-state index contributed by atoms with van der Waals surface area (Å²) in [5.74, 6) is 0.442. The summed E-state index contributed by atoms with van der Waals surface area (Å²) in [6.07, 6.45) is 0. The Labute approximate surface area is 173 Å². The lowest BCUT2D eigenvalue weighted by Crippen LogP contribution is -2.60. The Hall–Kier alpha value is -2.72. The van der Waals surface area contributed by atoms with Crippen molar-refractivity contribution in [3.05, 3.63) is 29.3 Å². The van der Waals surface area contributed by atoms with Gasteiger partial charge < -0.3 is 14.8 Å². The number of methoxy groups -OCH3 is 2. The van der Waals surface area contributed by atoms with Crippen LogP contribution in [0.4, 0.5) is 10.5 Å². The number of imide groups is 1. The predicted molar refractivity (Wildman–Crippen MR) is 109 cm³/mol. The van der Waals surface area contributed by atoms with Gasteiger partial charge in [-0.05, 0) is 18.1 Å². The maximum atomic E-state index is 12.9. The predicted octanol–water partition coefficient (Wildman–Crippen LogP) is 2.02. The number of hydrogen-bond acceptors (Lipinski definition) is 7. The molecule has 1 aromatic carbocycles. The van der Waals surface area contributed by atoms with Gasteiger partial charge in [-0.1, -0.05) is 25.8 Å². The number of carbonyl (C=O) groups is 3. The molecule has 29 heavy (non-hydrogen) atoms. The zero-order valence-electron chi connectivity index (χ0n) is 16.7. The number of nitrogens with one attached hydrogen (secondary N) is 2. The van der Waals surface area contributed by atoms with Crippen molar-refractivity contribution in [1.82, 2.24) is 14.5 Å². The molecule has 0 aromatic heterocycles. The summed E-state index contributed by atoms with van der Waals surface area (Å²) < 4.78 is 13.4. The highest BCUT2D eigenvalue weighted by atomic mass is 32.2. The smallest absolute Gasteiger partial charge is 0.331 e. The topological polar surface area (TPSA) is 100 Å². The number of benzene rings is 1. The quantitative estimate of drug-likeness (QED) is 0.651. The minimum absolute atomic E-state index is 0.113. The van der Waals surface area contributed by atoms with Gasteiger partial charge in [0.1, 0.15) is 24.1 Å². The number of hydrogen-bond donors (Lipinski definition) is 2. The number of urea groups is 1. The van der Waals surface area contributed by atoms with Crippen molar-refractivity contribution in [3.63, 3.8) is 0 Å². The largest absolute Gasteiger partial charge is 0.497 e. The third-order valence-corrected chi connectivity index (χ3v) is 5.21. The average Bonchev–Trinajstić information content (AvgIpc) is 3.18. The first-order valence-corrected chi connectivity index (χ1v) is 9.99. The molecule has 2 aliphatic rings. The van der Waals surface area contributed by atoms with E-state index in [1.165, 1.54) is 36.0 Å². The van der Waals surface area contributed by atoms with Crippen LogP contribution in [-0.4, -0.2) is 61.0 Å². The molecule has 3 rings (SSSR count). The van der Waals surface area contributed by atoms with Gasteiger partial charge in [0.2, 0.25) is 5.91 Å². The summed E-state index contributed by atoms with van der Waals surface area (Å²) in [5, 5.41) is 4.44. The molecule has 0 spiro atoms. The third kappa shape index (κ3) is 4.33. The Bertz CT molecular complexity index is 857. The maximum absolute atomic E-state index is 12.9. The minimum Gasteiger partial charge on any atom is -0.497 e. The fourth-order valence-corrected chi connectivity index (χ4v) is 3.93. The zero-order valence-corrected chi connectivity index (χ0v) is 17.5. The molecule has 0 saturated carbocycles. The Balaban J connectivity index is 1.78. The van der Waals surface area contributed by atoms with Crippen LogP contribution in [0.25, 0.3) is 0 Å². The van der Waals surface area contributed by atoms with E-state index >= 15 is 0 Å². The van der Waals surface area contributed by atoms with Crippen LogP contribution in [0.2, 0.25) is 0 Å². The molecule has 1 atom stereocenters. The molecule has 156 valence electrons. The van der Waals surface area contributed by atoms with Crippen molar-refractivity contribution in [3.8, 4) is 11.5 Å². The second-order valence-corrected chi connectivity index (χ2v) is 7.74. The van der Waals surface area contributed by atoms with Crippen LogP contribution >= 0.6 is 11.9 Å². The number of fused-ring (bicyclic) bond motifs is 1. The lowest BCUT2D eigenvalue weighted by molar-refractivity contribution is -0.132. The summed E-state index contributed by atoms with van der Waals surface area (Å²) in [5.41, 5.74) is 0.948. The fourth-order valence-electron chi connectivity index (χ4n) is 3.12. The van der Waals surface area contributed by atoms with E-state index in [1.54, 1.807) is 23.6 Å². The van der Waals surface area contributed by atoms with E-state index in [0.29, 0.717) is 22.9 Å². The number of amides is 4. The number of nitrogens with zero attached hydrogens (tertiary/aromatic N) is 2. The van der Waals surface area contributed by atoms with E-state index in [1.807, 2.05) is 13.8 Å². The SMILES string of the molecule is COc1ccc(NC(=O)CN2C(=O)N(CC(C)C)C(=O)C3NSC=C32)c(OC)c1. The third-order valence-electron chi connectivity index (χ3n) is 4.48. The fraction of sp³-hybridized carbons (Fsp3) is 0.421. The lowest BCUT2D eigenvalue weighted by atomic mass is 10.1. The standard InChI is InChI=1S/C19H24N4O5S/c1-11(2)8-23-18(25)17-14(10-29-21-17)22(19(23)26)9-16(24)20-13-6-5-12(27-3)7-15(13)28-4/h5-7,10-11,17,21H,8-9H2,1-4H3,(H,20,24). The van der Waals surface area contributed by atoms with Gasteiger partial charge in [-0.15, -0.1) is 0 Å². The van der Waals surface area contributed by atoms with E-state index in [0.717, 1.165) is 0 Å².